The molecule has 11 rings (SSSR count). The number of nitrogens with one attached hydrogen (secondary N) is 4. The van der Waals surface area contributed by atoms with Gasteiger partial charge in [-0.15, -0.1) is 0 Å². The summed E-state index contributed by atoms with van der Waals surface area (Å²) in [6.07, 6.45) is 8.73. The maximum atomic E-state index is 14.9. The molecule has 5 amide bonds. The first-order valence-electron chi connectivity index (χ1n) is 36.2. The Hall–Kier alpha value is -9.50. The van der Waals surface area contributed by atoms with Gasteiger partial charge in [0, 0.05) is 84.6 Å². The quantitative estimate of drug-likeness (QED) is 0.0447. The van der Waals surface area contributed by atoms with Gasteiger partial charge in [0.15, 0.2) is 10.1 Å². The molecule has 4 atom stereocenters. The number of pyridine rings is 4. The van der Waals surface area contributed by atoms with Crippen molar-refractivity contribution in [1.82, 2.24) is 44.1 Å². The van der Waals surface area contributed by atoms with Crippen molar-refractivity contribution in [2.24, 2.45) is 11.8 Å². The van der Waals surface area contributed by atoms with E-state index in [-0.39, 0.29) is 70.8 Å². The third-order valence-electron chi connectivity index (χ3n) is 19.7. The summed E-state index contributed by atoms with van der Waals surface area (Å²) in [5, 5.41) is 6.22. The van der Waals surface area contributed by atoms with Crippen molar-refractivity contribution in [1.29, 1.82) is 0 Å². The van der Waals surface area contributed by atoms with E-state index in [1.807, 2.05) is 127 Å². The van der Waals surface area contributed by atoms with Gasteiger partial charge in [-0.3, -0.25) is 9.59 Å². The Labute approximate surface area is 622 Å². The maximum Gasteiger partial charge on any atom is 0.410 e. The summed E-state index contributed by atoms with van der Waals surface area (Å²) in [5.41, 5.74) is 2.78. The van der Waals surface area contributed by atoms with Gasteiger partial charge in [-0.25, -0.2) is 43.8 Å². The molecule has 2 unspecified atom stereocenters. The van der Waals surface area contributed by atoms with Crippen molar-refractivity contribution in [3.63, 3.8) is 0 Å². The average molecular weight is 1490 g/mol. The van der Waals surface area contributed by atoms with Crippen LogP contribution in [0.4, 0.5) is 36.2 Å². The van der Waals surface area contributed by atoms with Gasteiger partial charge < -0.3 is 44.4 Å². The van der Waals surface area contributed by atoms with E-state index in [4.69, 9.17) is 19.2 Å². The number of sulfonamides is 2. The SMILES string of the molecule is CC(C)(C)OC(=O)N1C[C@@H](CCC(Nc2cccc(S(=O)(=O)NC(=O)c3ccc(C(C)(C)C)nc3F)n2)C2=CCN(C(=O)OCc3ccccc3)CC2)CC1(C)C.CC(C)(C)c1ccc2c(n1)N1C[C@@H](CCC(C3=CCN(C(=O)OCc4ccccc4)CC3)Nc3cccc(n3)S(=O)(=O)NC2=O)CC1(C)C. The van der Waals surface area contributed by atoms with E-state index in [0.717, 1.165) is 60.1 Å². The number of fused-ring (bicyclic) bond motifs is 6. The molecule has 0 spiro atoms. The predicted octanol–water partition coefficient (Wildman–Crippen LogP) is 13.6. The average Bonchev–Trinajstić information content (AvgIpc) is 1.41. The van der Waals surface area contributed by atoms with Gasteiger partial charge in [-0.05, 0) is 182 Å². The van der Waals surface area contributed by atoms with Crippen LogP contribution in [0.3, 0.4) is 0 Å². The molecule has 4 N–H and O–H groups in total. The largest absolute Gasteiger partial charge is 0.445 e. The van der Waals surface area contributed by atoms with Crippen molar-refractivity contribution in [2.45, 2.75) is 204 Å². The first-order valence-corrected chi connectivity index (χ1v) is 39.1. The fourth-order valence-electron chi connectivity index (χ4n) is 14.0. The summed E-state index contributed by atoms with van der Waals surface area (Å²) in [6.45, 7) is 28.9. The molecule has 2 fully saturated rings. The van der Waals surface area contributed by atoms with Crippen molar-refractivity contribution >= 4 is 67.6 Å². The molecule has 27 heteroatoms. The molecule has 0 saturated carbocycles. The molecule has 0 aliphatic carbocycles. The van der Waals surface area contributed by atoms with Crippen molar-refractivity contribution in [2.75, 3.05) is 54.8 Å². The number of ether oxygens (including phenoxy) is 3. The van der Waals surface area contributed by atoms with E-state index in [0.29, 0.717) is 81.8 Å². The Kier molecular flexibility index (Phi) is 24.1. The third-order valence-corrected chi connectivity index (χ3v) is 22.1. The number of likely N-dealkylation sites (tertiary alicyclic amines) is 1. The summed E-state index contributed by atoms with van der Waals surface area (Å²) in [7, 11) is -8.83. The Morgan fingerprint density at radius 2 is 1.29 bits per heavy atom. The normalized spacial score (nSPS) is 19.7. The number of nitrogens with zero attached hydrogens (tertiary/aromatic N) is 8. The highest BCUT2D eigenvalue weighted by Crippen LogP contribution is 2.42. The van der Waals surface area contributed by atoms with Crippen LogP contribution in [0.2, 0.25) is 0 Å². The standard InChI is InChI=1S/C42H55FN6O7S.C37H46N6O5S/c1-40(2,3)33-20-18-31(36(43)45-33)37(50)47-57(53,54)35-16-12-15-34(46-35)44-32(19-17-29-25-42(7,8)49(26-29)39(52)56-41(4,5)6)30-21-23-48(24-22-30)38(51)55-27-28-13-10-9-11-14-28;1-36(2,3)30-17-15-28-33(39-30)43-23-26(22-37(43,4)5)14-16-29(38-31-12-9-13-32(40-31)49(46,47)41-34(28)44)27-18-20-42(21-19-27)35(45)48-24-25-10-7-6-8-11-25/h9-16,18,20-21,29,32H,17,19,22-27H2,1-8H3,(H,44,46)(H,47,50);6-13,15,17-18,26,29H,14,16,19-24H2,1-5H3,(H,38,40)(H,41,44)/t29-,32?;26-,29?/m00/s1. The predicted molar refractivity (Wildman–Crippen MR) is 403 cm³/mol. The van der Waals surface area contributed by atoms with Crippen LogP contribution >= 0.6 is 0 Å². The summed E-state index contributed by atoms with van der Waals surface area (Å²) in [6, 6.07) is 33.9. The first-order chi connectivity index (χ1) is 49.8. The summed E-state index contributed by atoms with van der Waals surface area (Å²) < 4.78 is 89.8. The van der Waals surface area contributed by atoms with E-state index < -0.39 is 71.0 Å². The zero-order valence-electron chi connectivity index (χ0n) is 63.0. The van der Waals surface area contributed by atoms with Crippen LogP contribution in [-0.2, 0) is 58.3 Å². The van der Waals surface area contributed by atoms with Gasteiger partial charge in [0.25, 0.3) is 31.9 Å². The second-order valence-corrected chi connectivity index (χ2v) is 35.5. The van der Waals surface area contributed by atoms with Crippen molar-refractivity contribution < 1.29 is 59.4 Å². The minimum atomic E-state index is -4.52. The summed E-state index contributed by atoms with van der Waals surface area (Å²) in [4.78, 5) is 90.5. The number of hydrogen-bond acceptors (Lipinski definition) is 19. The van der Waals surface area contributed by atoms with E-state index in [1.165, 1.54) is 30.3 Å². The molecule has 5 aliphatic rings. The van der Waals surface area contributed by atoms with Crippen LogP contribution in [0, 0.1) is 17.8 Å². The number of halogens is 1. The second-order valence-electron chi connectivity index (χ2n) is 32.2. The fraction of sp³-hybridized carbons (Fsp3) is 0.481. The summed E-state index contributed by atoms with van der Waals surface area (Å²) in [5.74, 6) is -1.40. The lowest BCUT2D eigenvalue weighted by Crippen LogP contribution is -2.45. The topological polar surface area (TPSA) is 294 Å². The molecule has 2 aromatic carbocycles. The highest BCUT2D eigenvalue weighted by Gasteiger charge is 2.45. The Morgan fingerprint density at radius 1 is 0.679 bits per heavy atom. The van der Waals surface area contributed by atoms with Crippen molar-refractivity contribution in [3.8, 4) is 0 Å². The Bertz CT molecular complexity index is 4500. The number of anilines is 3. The lowest BCUT2D eigenvalue weighted by Gasteiger charge is -2.34. The number of amides is 5. The maximum absolute atomic E-state index is 14.9. The smallest absolute Gasteiger partial charge is 0.410 e. The minimum Gasteiger partial charge on any atom is -0.445 e. The molecule has 6 aromatic rings. The molecule has 5 aliphatic heterocycles. The molecule has 0 radical (unpaired) electrons. The van der Waals surface area contributed by atoms with E-state index >= 15 is 0 Å². The molecule has 106 heavy (non-hydrogen) atoms. The number of carbonyl (C=O) groups is 5. The van der Waals surface area contributed by atoms with Gasteiger partial charge in [0.1, 0.15) is 36.3 Å². The van der Waals surface area contributed by atoms with E-state index in [9.17, 15) is 45.2 Å². The first kappa shape index (κ1) is 79.1. The highest BCUT2D eigenvalue weighted by atomic mass is 32.2. The highest BCUT2D eigenvalue weighted by molar-refractivity contribution is 7.90. The number of hydrogen-bond donors (Lipinski definition) is 4. The fourth-order valence-corrected chi connectivity index (χ4v) is 15.9. The number of rotatable bonds is 14. The number of carbonyl (C=O) groups excluding carboxylic acids is 5. The zero-order chi connectivity index (χ0) is 76.7. The molecule has 4 aromatic heterocycles. The monoisotopic (exact) mass is 1490 g/mol. The van der Waals surface area contributed by atoms with E-state index in [2.05, 4.69) is 75.9 Å². The van der Waals surface area contributed by atoms with Crippen molar-refractivity contribution in [3.05, 3.63) is 184 Å². The minimum absolute atomic E-state index is 0.136. The van der Waals surface area contributed by atoms with Crippen LogP contribution in [0.15, 0.2) is 155 Å². The lowest BCUT2D eigenvalue weighted by molar-refractivity contribution is 0.0130. The van der Waals surface area contributed by atoms with Crippen LogP contribution in [0.25, 0.3) is 0 Å². The molecular formula is C79H101FN12O12S2. The molecule has 4 bridgehead atoms. The molecular weight excluding hydrogens is 1390 g/mol. The van der Waals surface area contributed by atoms with Crippen LogP contribution < -0.4 is 25.0 Å². The molecule has 24 nitrogen and oxygen atoms in total. The van der Waals surface area contributed by atoms with Crippen LogP contribution in [0.5, 0.6) is 0 Å². The molecule has 9 heterocycles. The zero-order valence-corrected chi connectivity index (χ0v) is 64.6. The lowest BCUT2D eigenvalue weighted by atomic mass is 9.89. The third kappa shape index (κ3) is 20.3. The molecule has 2 saturated heterocycles. The van der Waals surface area contributed by atoms with Gasteiger partial charge in [0.05, 0.1) is 11.1 Å². The summed E-state index contributed by atoms with van der Waals surface area (Å²) >= 11 is 0. The van der Waals surface area contributed by atoms with Gasteiger partial charge in [-0.1, -0.05) is 126 Å². The Balaban J connectivity index is 0.000000229. The molecule has 568 valence electrons. The van der Waals surface area contributed by atoms with Gasteiger partial charge in [0.2, 0.25) is 5.95 Å². The van der Waals surface area contributed by atoms with Crippen LogP contribution in [-0.4, -0.2) is 150 Å². The van der Waals surface area contributed by atoms with Gasteiger partial charge >= 0.3 is 18.3 Å². The number of aromatic nitrogens is 4. The van der Waals surface area contributed by atoms with Crippen LogP contribution in [0.1, 0.15) is 185 Å². The second kappa shape index (κ2) is 32.3. The van der Waals surface area contributed by atoms with E-state index in [1.54, 1.807) is 45.0 Å². The Morgan fingerprint density at radius 3 is 1.89 bits per heavy atom. The van der Waals surface area contributed by atoms with Gasteiger partial charge in [-0.2, -0.15) is 21.2 Å². The number of benzene rings is 2.